The van der Waals surface area contributed by atoms with Gasteiger partial charge < -0.3 is 10.3 Å². The standard InChI is InChI=1S/C15H16N4/c1-11-6-14-15(17-8-11)19(10-18-14)9-13-4-2-12(7-16)3-5-13/h2-6,8,10H,7,9,16H2,1H3. The van der Waals surface area contributed by atoms with Crippen molar-refractivity contribution in [2.45, 2.75) is 20.0 Å². The predicted molar refractivity (Wildman–Crippen MR) is 75.7 cm³/mol. The molecule has 0 saturated carbocycles. The van der Waals surface area contributed by atoms with Crippen LogP contribution in [0.3, 0.4) is 0 Å². The normalized spacial score (nSPS) is 11.1. The molecule has 0 unspecified atom stereocenters. The molecular weight excluding hydrogens is 236 g/mol. The van der Waals surface area contributed by atoms with Gasteiger partial charge in [0.15, 0.2) is 5.65 Å². The Kier molecular flexibility index (Phi) is 3.01. The summed E-state index contributed by atoms with van der Waals surface area (Å²) in [7, 11) is 0. The summed E-state index contributed by atoms with van der Waals surface area (Å²) in [5.74, 6) is 0. The molecule has 0 saturated heterocycles. The molecule has 3 rings (SSSR count). The lowest BCUT2D eigenvalue weighted by Gasteiger charge is -2.05. The third-order valence-corrected chi connectivity index (χ3v) is 3.20. The van der Waals surface area contributed by atoms with Gasteiger partial charge in [-0.25, -0.2) is 9.97 Å². The number of aromatic nitrogens is 3. The average Bonchev–Trinajstić information content (AvgIpc) is 2.82. The minimum atomic E-state index is 0.578. The molecule has 0 aliphatic heterocycles. The molecule has 0 atom stereocenters. The lowest BCUT2D eigenvalue weighted by atomic mass is 10.1. The van der Waals surface area contributed by atoms with E-state index in [0.717, 1.165) is 28.8 Å². The van der Waals surface area contributed by atoms with Crippen LogP contribution in [-0.2, 0) is 13.1 Å². The fraction of sp³-hybridized carbons (Fsp3) is 0.200. The summed E-state index contributed by atoms with van der Waals surface area (Å²) in [6.07, 6.45) is 3.71. The third-order valence-electron chi connectivity index (χ3n) is 3.20. The average molecular weight is 252 g/mol. The Morgan fingerprint density at radius 1 is 1.11 bits per heavy atom. The van der Waals surface area contributed by atoms with Crippen LogP contribution in [0, 0.1) is 6.92 Å². The van der Waals surface area contributed by atoms with Crippen LogP contribution in [0.15, 0.2) is 42.9 Å². The Morgan fingerprint density at radius 3 is 2.58 bits per heavy atom. The molecule has 0 radical (unpaired) electrons. The van der Waals surface area contributed by atoms with E-state index in [1.54, 1.807) is 0 Å². The molecule has 4 nitrogen and oxygen atoms in total. The summed E-state index contributed by atoms with van der Waals surface area (Å²) >= 11 is 0. The molecule has 0 aliphatic carbocycles. The molecule has 4 heteroatoms. The Labute approximate surface area is 111 Å². The highest BCUT2D eigenvalue weighted by atomic mass is 15.1. The van der Waals surface area contributed by atoms with Crippen molar-refractivity contribution in [1.82, 2.24) is 14.5 Å². The molecule has 2 aromatic heterocycles. The minimum absolute atomic E-state index is 0.578. The second kappa shape index (κ2) is 4.82. The second-order valence-corrected chi connectivity index (χ2v) is 4.75. The monoisotopic (exact) mass is 252 g/mol. The Bertz CT molecular complexity index is 698. The van der Waals surface area contributed by atoms with Gasteiger partial charge in [-0.05, 0) is 29.7 Å². The van der Waals surface area contributed by atoms with Gasteiger partial charge in [-0.15, -0.1) is 0 Å². The van der Waals surface area contributed by atoms with Crippen LogP contribution in [0.4, 0.5) is 0 Å². The van der Waals surface area contributed by atoms with E-state index < -0.39 is 0 Å². The number of hydrogen-bond acceptors (Lipinski definition) is 3. The van der Waals surface area contributed by atoms with Gasteiger partial charge in [-0.1, -0.05) is 24.3 Å². The number of aryl methyl sites for hydroxylation is 1. The van der Waals surface area contributed by atoms with E-state index in [-0.39, 0.29) is 0 Å². The molecule has 96 valence electrons. The van der Waals surface area contributed by atoms with Gasteiger partial charge in [-0.3, -0.25) is 0 Å². The second-order valence-electron chi connectivity index (χ2n) is 4.75. The molecule has 0 fully saturated rings. The van der Waals surface area contributed by atoms with E-state index in [2.05, 4.69) is 44.9 Å². The van der Waals surface area contributed by atoms with E-state index in [1.165, 1.54) is 5.56 Å². The molecule has 0 spiro atoms. The van der Waals surface area contributed by atoms with Gasteiger partial charge >= 0.3 is 0 Å². The number of imidazole rings is 1. The minimum Gasteiger partial charge on any atom is -0.326 e. The van der Waals surface area contributed by atoms with Crippen LogP contribution < -0.4 is 5.73 Å². The zero-order chi connectivity index (χ0) is 13.2. The van der Waals surface area contributed by atoms with Crippen LogP contribution in [0.5, 0.6) is 0 Å². The maximum atomic E-state index is 5.60. The van der Waals surface area contributed by atoms with Crippen LogP contribution >= 0.6 is 0 Å². The molecular formula is C15H16N4. The Hall–Kier alpha value is -2.20. The van der Waals surface area contributed by atoms with Crippen molar-refractivity contribution in [3.05, 3.63) is 59.5 Å². The summed E-state index contributed by atoms with van der Waals surface area (Å²) in [5, 5.41) is 0. The SMILES string of the molecule is Cc1cnc2c(c1)ncn2Cc1ccc(CN)cc1. The fourth-order valence-corrected chi connectivity index (χ4v) is 2.14. The van der Waals surface area contributed by atoms with Crippen molar-refractivity contribution >= 4 is 11.2 Å². The quantitative estimate of drug-likeness (QED) is 0.777. The number of hydrogen-bond donors (Lipinski definition) is 1. The van der Waals surface area contributed by atoms with E-state index in [4.69, 9.17) is 5.73 Å². The van der Waals surface area contributed by atoms with Gasteiger partial charge in [0.1, 0.15) is 5.52 Å². The van der Waals surface area contributed by atoms with Crippen LogP contribution in [0.2, 0.25) is 0 Å². The van der Waals surface area contributed by atoms with Crippen LogP contribution in [-0.4, -0.2) is 14.5 Å². The lowest BCUT2D eigenvalue weighted by Crippen LogP contribution is -2.00. The van der Waals surface area contributed by atoms with E-state index in [0.29, 0.717) is 6.54 Å². The largest absolute Gasteiger partial charge is 0.326 e. The zero-order valence-electron chi connectivity index (χ0n) is 10.9. The van der Waals surface area contributed by atoms with E-state index in [1.807, 2.05) is 19.4 Å². The van der Waals surface area contributed by atoms with Crippen molar-refractivity contribution in [2.24, 2.45) is 5.73 Å². The molecule has 2 heterocycles. The third kappa shape index (κ3) is 2.35. The first kappa shape index (κ1) is 11.9. The Morgan fingerprint density at radius 2 is 1.84 bits per heavy atom. The molecule has 19 heavy (non-hydrogen) atoms. The maximum absolute atomic E-state index is 5.60. The molecule has 0 bridgehead atoms. The summed E-state index contributed by atoms with van der Waals surface area (Å²) < 4.78 is 2.06. The summed E-state index contributed by atoms with van der Waals surface area (Å²) in [6.45, 7) is 3.38. The number of pyridine rings is 1. The molecule has 0 aliphatic rings. The fourth-order valence-electron chi connectivity index (χ4n) is 2.14. The highest BCUT2D eigenvalue weighted by molar-refractivity contribution is 5.71. The van der Waals surface area contributed by atoms with Crippen molar-refractivity contribution in [3.8, 4) is 0 Å². The highest BCUT2D eigenvalue weighted by Crippen LogP contribution is 2.14. The smallest absolute Gasteiger partial charge is 0.160 e. The van der Waals surface area contributed by atoms with E-state index >= 15 is 0 Å². The van der Waals surface area contributed by atoms with Gasteiger partial charge in [0.25, 0.3) is 0 Å². The molecule has 2 N–H and O–H groups in total. The first-order valence-electron chi connectivity index (χ1n) is 6.31. The van der Waals surface area contributed by atoms with Gasteiger partial charge in [0.05, 0.1) is 12.9 Å². The van der Waals surface area contributed by atoms with Gasteiger partial charge in [-0.2, -0.15) is 0 Å². The van der Waals surface area contributed by atoms with Crippen molar-refractivity contribution in [2.75, 3.05) is 0 Å². The van der Waals surface area contributed by atoms with Gasteiger partial charge in [0.2, 0.25) is 0 Å². The van der Waals surface area contributed by atoms with E-state index in [9.17, 15) is 0 Å². The van der Waals surface area contributed by atoms with Crippen molar-refractivity contribution in [1.29, 1.82) is 0 Å². The first-order chi connectivity index (χ1) is 9.26. The summed E-state index contributed by atoms with van der Waals surface area (Å²) in [4.78, 5) is 8.84. The van der Waals surface area contributed by atoms with Crippen molar-refractivity contribution in [3.63, 3.8) is 0 Å². The number of nitrogens with two attached hydrogens (primary N) is 1. The number of benzene rings is 1. The maximum Gasteiger partial charge on any atom is 0.160 e. The number of rotatable bonds is 3. The number of fused-ring (bicyclic) bond motifs is 1. The summed E-state index contributed by atoms with van der Waals surface area (Å²) in [5.41, 5.74) is 11.0. The van der Waals surface area contributed by atoms with Crippen LogP contribution in [0.25, 0.3) is 11.2 Å². The van der Waals surface area contributed by atoms with Crippen LogP contribution in [0.1, 0.15) is 16.7 Å². The summed E-state index contributed by atoms with van der Waals surface area (Å²) in [6, 6.07) is 10.4. The topological polar surface area (TPSA) is 56.7 Å². The highest BCUT2D eigenvalue weighted by Gasteiger charge is 2.04. The van der Waals surface area contributed by atoms with Gasteiger partial charge in [0, 0.05) is 12.7 Å². The predicted octanol–water partition coefficient (Wildman–Crippen LogP) is 2.25. The molecule has 1 aromatic carbocycles. The lowest BCUT2D eigenvalue weighted by molar-refractivity contribution is 0.813. The zero-order valence-corrected chi connectivity index (χ0v) is 10.9. The van der Waals surface area contributed by atoms with Crippen molar-refractivity contribution < 1.29 is 0 Å². The first-order valence-corrected chi connectivity index (χ1v) is 6.31. The molecule has 0 amide bonds. The Balaban J connectivity index is 1.92. The number of nitrogens with zero attached hydrogens (tertiary/aromatic N) is 3. The molecule has 3 aromatic rings.